The Bertz CT molecular complexity index is 632. The fourth-order valence-corrected chi connectivity index (χ4v) is 2.53. The third-order valence-electron chi connectivity index (χ3n) is 3.63. The summed E-state index contributed by atoms with van der Waals surface area (Å²) in [5, 5.41) is 6.61. The maximum Gasteiger partial charge on any atom is 0.250 e. The minimum Gasteiger partial charge on any atom is -0.470 e. The fourth-order valence-electron chi connectivity index (χ4n) is 2.53. The first-order valence-corrected chi connectivity index (χ1v) is 7.25. The molecule has 116 valence electrons. The SMILES string of the molecule is O=C(Cc1ccn[nH]1)N1CCCC(Oc2ncccc2F)C1. The first kappa shape index (κ1) is 14.5. The lowest BCUT2D eigenvalue weighted by Crippen LogP contribution is -2.45. The Hall–Kier alpha value is -2.44. The van der Waals surface area contributed by atoms with E-state index in [4.69, 9.17) is 4.74 Å². The van der Waals surface area contributed by atoms with Crippen LogP contribution in [0.3, 0.4) is 0 Å². The Morgan fingerprint density at radius 3 is 3.14 bits per heavy atom. The molecule has 1 unspecified atom stereocenters. The summed E-state index contributed by atoms with van der Waals surface area (Å²) in [6, 6.07) is 4.61. The molecule has 0 aliphatic carbocycles. The molecule has 2 aromatic rings. The van der Waals surface area contributed by atoms with Gasteiger partial charge in [-0.1, -0.05) is 0 Å². The summed E-state index contributed by atoms with van der Waals surface area (Å²) >= 11 is 0. The number of carbonyl (C=O) groups excluding carboxylic acids is 1. The zero-order valence-corrected chi connectivity index (χ0v) is 12.0. The first-order valence-electron chi connectivity index (χ1n) is 7.25. The second kappa shape index (κ2) is 6.55. The maximum atomic E-state index is 13.6. The van der Waals surface area contributed by atoms with Crippen LogP contribution in [0.15, 0.2) is 30.6 Å². The van der Waals surface area contributed by atoms with Crippen LogP contribution in [0.2, 0.25) is 0 Å². The Balaban J connectivity index is 1.59. The third-order valence-corrected chi connectivity index (χ3v) is 3.63. The van der Waals surface area contributed by atoms with Crippen molar-refractivity contribution in [1.29, 1.82) is 0 Å². The summed E-state index contributed by atoms with van der Waals surface area (Å²) in [7, 11) is 0. The molecule has 0 radical (unpaired) electrons. The largest absolute Gasteiger partial charge is 0.470 e. The van der Waals surface area contributed by atoms with Crippen molar-refractivity contribution in [3.8, 4) is 5.88 Å². The Kier molecular flexibility index (Phi) is 4.32. The molecule has 22 heavy (non-hydrogen) atoms. The molecule has 1 atom stereocenters. The highest BCUT2D eigenvalue weighted by Crippen LogP contribution is 2.19. The molecule has 3 rings (SSSR count). The molecule has 3 heterocycles. The highest BCUT2D eigenvalue weighted by Gasteiger charge is 2.26. The number of halogens is 1. The number of aromatic amines is 1. The molecule has 0 spiro atoms. The van der Waals surface area contributed by atoms with Gasteiger partial charge in [-0.15, -0.1) is 0 Å². The second-order valence-corrected chi connectivity index (χ2v) is 5.27. The van der Waals surface area contributed by atoms with Crippen LogP contribution in [-0.4, -0.2) is 45.2 Å². The van der Waals surface area contributed by atoms with Gasteiger partial charge in [-0.3, -0.25) is 9.89 Å². The fraction of sp³-hybridized carbons (Fsp3) is 0.400. The normalized spacial score (nSPS) is 18.2. The first-order chi connectivity index (χ1) is 10.7. The van der Waals surface area contributed by atoms with Crippen LogP contribution in [0.5, 0.6) is 5.88 Å². The minimum atomic E-state index is -0.483. The summed E-state index contributed by atoms with van der Waals surface area (Å²) in [5.41, 5.74) is 0.781. The number of carbonyl (C=O) groups is 1. The van der Waals surface area contributed by atoms with Gasteiger partial charge in [-0.05, 0) is 31.0 Å². The summed E-state index contributed by atoms with van der Waals surface area (Å²) in [6.45, 7) is 1.14. The molecule has 0 saturated carbocycles. The van der Waals surface area contributed by atoms with Gasteiger partial charge in [0.2, 0.25) is 5.91 Å². The van der Waals surface area contributed by atoms with E-state index < -0.39 is 5.82 Å². The van der Waals surface area contributed by atoms with Crippen molar-refractivity contribution in [2.24, 2.45) is 0 Å². The molecule has 7 heteroatoms. The van der Waals surface area contributed by atoms with Gasteiger partial charge in [0.15, 0.2) is 5.82 Å². The minimum absolute atomic E-state index is 0.00429. The summed E-state index contributed by atoms with van der Waals surface area (Å²) in [6.07, 6.45) is 4.77. The van der Waals surface area contributed by atoms with Gasteiger partial charge in [-0.25, -0.2) is 9.37 Å². The molecule has 6 nitrogen and oxygen atoms in total. The van der Waals surface area contributed by atoms with E-state index in [1.165, 1.54) is 18.3 Å². The number of hydrogen-bond donors (Lipinski definition) is 1. The third kappa shape index (κ3) is 3.41. The molecule has 1 aliphatic heterocycles. The number of nitrogens with one attached hydrogen (secondary N) is 1. The maximum absolute atomic E-state index is 13.6. The molecular weight excluding hydrogens is 287 g/mol. The summed E-state index contributed by atoms with van der Waals surface area (Å²) < 4.78 is 19.2. The van der Waals surface area contributed by atoms with Crippen LogP contribution in [0.4, 0.5) is 4.39 Å². The van der Waals surface area contributed by atoms with E-state index in [2.05, 4.69) is 15.2 Å². The van der Waals surface area contributed by atoms with Gasteiger partial charge in [0, 0.05) is 24.6 Å². The van der Waals surface area contributed by atoms with Crippen LogP contribution in [0.25, 0.3) is 0 Å². The Labute approximate surface area is 127 Å². The van der Waals surface area contributed by atoms with Gasteiger partial charge in [-0.2, -0.15) is 5.10 Å². The molecule has 1 aliphatic rings. The molecule has 0 aromatic carbocycles. The number of piperidine rings is 1. The number of nitrogens with zero attached hydrogens (tertiary/aromatic N) is 3. The summed E-state index contributed by atoms with van der Waals surface area (Å²) in [4.78, 5) is 17.9. The van der Waals surface area contributed by atoms with Gasteiger partial charge in [0.05, 0.1) is 13.0 Å². The average Bonchev–Trinajstić information content (AvgIpc) is 3.03. The van der Waals surface area contributed by atoms with Gasteiger partial charge >= 0.3 is 0 Å². The number of hydrogen-bond acceptors (Lipinski definition) is 4. The number of ether oxygens (including phenoxy) is 1. The topological polar surface area (TPSA) is 71.1 Å². The zero-order chi connectivity index (χ0) is 15.4. The van der Waals surface area contributed by atoms with Crippen LogP contribution >= 0.6 is 0 Å². The molecule has 1 saturated heterocycles. The van der Waals surface area contributed by atoms with Crippen LogP contribution in [0, 0.1) is 5.82 Å². The highest BCUT2D eigenvalue weighted by atomic mass is 19.1. The standard InChI is InChI=1S/C15H17FN4O2/c16-13-4-1-6-17-15(13)22-12-3-2-8-20(10-12)14(21)9-11-5-7-18-19-11/h1,4-7,12H,2-3,8-10H2,(H,18,19). The monoisotopic (exact) mass is 304 g/mol. The van der Waals surface area contributed by atoms with E-state index >= 15 is 0 Å². The smallest absolute Gasteiger partial charge is 0.250 e. The van der Waals surface area contributed by atoms with E-state index in [-0.39, 0.29) is 24.3 Å². The molecule has 0 bridgehead atoms. The number of aromatic nitrogens is 3. The van der Waals surface area contributed by atoms with Gasteiger partial charge in [0.1, 0.15) is 6.10 Å². The van der Waals surface area contributed by atoms with E-state index in [1.54, 1.807) is 17.2 Å². The van der Waals surface area contributed by atoms with E-state index in [0.717, 1.165) is 18.5 Å². The highest BCUT2D eigenvalue weighted by molar-refractivity contribution is 5.78. The molecule has 1 amide bonds. The van der Waals surface area contributed by atoms with Gasteiger partial charge < -0.3 is 9.64 Å². The Morgan fingerprint density at radius 2 is 2.36 bits per heavy atom. The quantitative estimate of drug-likeness (QED) is 0.930. The number of amides is 1. The van der Waals surface area contributed by atoms with Gasteiger partial charge in [0.25, 0.3) is 5.88 Å². The number of pyridine rings is 1. The predicted molar refractivity (Wildman–Crippen MR) is 76.7 cm³/mol. The van der Waals surface area contributed by atoms with Crippen molar-refractivity contribution < 1.29 is 13.9 Å². The number of likely N-dealkylation sites (tertiary alicyclic amines) is 1. The van der Waals surface area contributed by atoms with E-state index in [0.29, 0.717) is 13.1 Å². The van der Waals surface area contributed by atoms with Crippen molar-refractivity contribution in [1.82, 2.24) is 20.1 Å². The molecule has 1 fully saturated rings. The molecule has 2 aromatic heterocycles. The lowest BCUT2D eigenvalue weighted by atomic mass is 10.1. The zero-order valence-electron chi connectivity index (χ0n) is 12.0. The lowest BCUT2D eigenvalue weighted by molar-refractivity contribution is -0.133. The van der Waals surface area contributed by atoms with Crippen molar-refractivity contribution in [3.63, 3.8) is 0 Å². The Morgan fingerprint density at radius 1 is 1.45 bits per heavy atom. The summed E-state index contributed by atoms with van der Waals surface area (Å²) in [5.74, 6) is -0.474. The predicted octanol–water partition coefficient (Wildman–Crippen LogP) is 1.56. The van der Waals surface area contributed by atoms with Crippen LogP contribution < -0.4 is 4.74 Å². The molecular formula is C15H17FN4O2. The number of rotatable bonds is 4. The van der Waals surface area contributed by atoms with Crippen molar-refractivity contribution in [3.05, 3.63) is 42.1 Å². The van der Waals surface area contributed by atoms with Crippen LogP contribution in [-0.2, 0) is 11.2 Å². The second-order valence-electron chi connectivity index (χ2n) is 5.27. The lowest BCUT2D eigenvalue weighted by Gasteiger charge is -2.32. The number of H-pyrrole nitrogens is 1. The van der Waals surface area contributed by atoms with Crippen molar-refractivity contribution >= 4 is 5.91 Å². The van der Waals surface area contributed by atoms with Crippen molar-refractivity contribution in [2.45, 2.75) is 25.4 Å². The molecule has 1 N–H and O–H groups in total. The van der Waals surface area contributed by atoms with Crippen LogP contribution in [0.1, 0.15) is 18.5 Å². The van der Waals surface area contributed by atoms with E-state index in [1.807, 2.05) is 0 Å². The average molecular weight is 304 g/mol. The van der Waals surface area contributed by atoms with E-state index in [9.17, 15) is 9.18 Å². The van der Waals surface area contributed by atoms with Crippen molar-refractivity contribution in [2.75, 3.05) is 13.1 Å².